The fraction of sp³-hybridized carbons (Fsp3) is 0.857. The molecule has 0 saturated heterocycles. The van der Waals surface area contributed by atoms with Crippen molar-refractivity contribution in [3.63, 3.8) is 0 Å². The van der Waals surface area contributed by atoms with Crippen molar-refractivity contribution in [2.75, 3.05) is 13.2 Å². The van der Waals surface area contributed by atoms with Crippen LogP contribution in [0.15, 0.2) is 0 Å². The zero-order chi connectivity index (χ0) is 13.7. The first-order valence-electron chi connectivity index (χ1n) is 6.35. The van der Waals surface area contributed by atoms with E-state index in [-0.39, 0.29) is 10.8 Å². The highest BCUT2D eigenvalue weighted by atomic mass is 16.5. The summed E-state index contributed by atoms with van der Waals surface area (Å²) in [5.41, 5.74) is -0.215. The van der Waals surface area contributed by atoms with E-state index in [0.717, 1.165) is 11.8 Å². The highest BCUT2D eigenvalue weighted by Crippen LogP contribution is 2.17. The van der Waals surface area contributed by atoms with Gasteiger partial charge in [0.05, 0.1) is 13.2 Å². The maximum absolute atomic E-state index is 5.63. The van der Waals surface area contributed by atoms with Crippen LogP contribution in [0.4, 0.5) is 0 Å². The third-order valence-electron chi connectivity index (χ3n) is 2.05. The molecule has 0 rings (SSSR count). The minimum absolute atomic E-state index is 0.108. The molecule has 0 amide bonds. The molecule has 0 aromatic heterocycles. The van der Waals surface area contributed by atoms with Gasteiger partial charge in [-0.2, -0.15) is 0 Å². The second kappa shape index (κ2) is 6.11. The molecule has 0 bridgehead atoms. The van der Waals surface area contributed by atoms with Crippen molar-refractivity contribution in [1.82, 2.24) is 4.67 Å². The summed E-state index contributed by atoms with van der Waals surface area (Å²) in [6.07, 6.45) is 0. The molecule has 0 fully saturated rings. The third-order valence-corrected chi connectivity index (χ3v) is 2.05. The van der Waals surface area contributed by atoms with Gasteiger partial charge in [-0.05, 0) is 60.1 Å². The smallest absolute Gasteiger partial charge is 0.435 e. The van der Waals surface area contributed by atoms with Crippen LogP contribution in [-0.2, 0) is 9.47 Å². The van der Waals surface area contributed by atoms with Crippen LogP contribution in [0.25, 0.3) is 0 Å². The van der Waals surface area contributed by atoms with E-state index in [1.54, 1.807) is 0 Å². The van der Waals surface area contributed by atoms with Gasteiger partial charge in [0.25, 0.3) is 0 Å². The summed E-state index contributed by atoms with van der Waals surface area (Å²) in [6, 6.07) is 0. The second-order valence-corrected chi connectivity index (χ2v) is 6.09. The number of hydrogen-bond acceptors (Lipinski definition) is 2. The van der Waals surface area contributed by atoms with Gasteiger partial charge in [-0.1, -0.05) is 0 Å². The molecule has 100 valence electrons. The number of nitrogens with zero attached hydrogens (tertiary/aromatic N) is 1. The van der Waals surface area contributed by atoms with Crippen LogP contribution in [0, 0.1) is 10.8 Å². The predicted octanol–water partition coefficient (Wildman–Crippen LogP) is 3.02. The molecule has 0 saturated carbocycles. The summed E-state index contributed by atoms with van der Waals surface area (Å²) in [5.74, 6) is 1.47. The molecule has 3 heteroatoms. The van der Waals surface area contributed by atoms with E-state index in [1.165, 1.54) is 0 Å². The average Bonchev–Trinajstić information content (AvgIpc) is 2.12. The average molecular weight is 242 g/mol. The van der Waals surface area contributed by atoms with Gasteiger partial charge in [0.1, 0.15) is 10.8 Å². The fourth-order valence-corrected chi connectivity index (χ4v) is 1.20. The van der Waals surface area contributed by atoms with E-state index in [4.69, 9.17) is 9.47 Å². The number of rotatable bonds is 2. The molecule has 0 spiro atoms. The van der Waals surface area contributed by atoms with Crippen molar-refractivity contribution in [2.24, 2.45) is 10.8 Å². The van der Waals surface area contributed by atoms with Gasteiger partial charge in [-0.15, -0.1) is 0 Å². The van der Waals surface area contributed by atoms with Crippen LogP contribution in [0.1, 0.15) is 55.4 Å². The molecule has 0 heterocycles. The molecule has 0 aliphatic carbocycles. The van der Waals surface area contributed by atoms with Gasteiger partial charge in [0.2, 0.25) is 0 Å². The first kappa shape index (κ1) is 16.1. The lowest BCUT2D eigenvalue weighted by molar-refractivity contribution is 0.264. The number of hydrogen-bond donors (Lipinski definition) is 0. The van der Waals surface area contributed by atoms with Crippen molar-refractivity contribution < 1.29 is 9.47 Å². The first-order valence-corrected chi connectivity index (χ1v) is 6.35. The van der Waals surface area contributed by atoms with E-state index in [1.807, 2.05) is 13.8 Å². The van der Waals surface area contributed by atoms with Crippen molar-refractivity contribution in [1.29, 1.82) is 0 Å². The molecule has 0 aromatic carbocycles. The fourth-order valence-electron chi connectivity index (χ4n) is 1.20. The molecule has 0 unspecified atom stereocenters. The quantitative estimate of drug-likeness (QED) is 0.423. The van der Waals surface area contributed by atoms with E-state index in [9.17, 15) is 0 Å². The maximum atomic E-state index is 5.63. The van der Waals surface area contributed by atoms with Crippen molar-refractivity contribution >= 4 is 11.8 Å². The molecule has 17 heavy (non-hydrogen) atoms. The van der Waals surface area contributed by atoms with Crippen molar-refractivity contribution in [2.45, 2.75) is 55.4 Å². The second-order valence-electron chi connectivity index (χ2n) is 6.09. The maximum Gasteiger partial charge on any atom is 0.472 e. The Morgan fingerprint density at radius 2 is 1.06 bits per heavy atom. The van der Waals surface area contributed by atoms with Gasteiger partial charge < -0.3 is 9.47 Å². The van der Waals surface area contributed by atoms with E-state index in [0.29, 0.717) is 13.2 Å². The summed E-state index contributed by atoms with van der Waals surface area (Å²) in [6.45, 7) is 17.7. The molecule has 0 aliphatic rings. The van der Waals surface area contributed by atoms with Crippen LogP contribution in [0.5, 0.6) is 0 Å². The number of ether oxygens (including phenoxy) is 2. The van der Waals surface area contributed by atoms with E-state index in [2.05, 4.69) is 46.2 Å². The Kier molecular flexibility index (Phi) is 5.77. The summed E-state index contributed by atoms with van der Waals surface area (Å²) < 4.78 is 15.8. The van der Waals surface area contributed by atoms with Crippen LogP contribution in [0.3, 0.4) is 0 Å². The zero-order valence-corrected chi connectivity index (χ0v) is 12.7. The minimum atomic E-state index is -0.108. The van der Waals surface area contributed by atoms with Gasteiger partial charge in [-0.25, -0.2) is 0 Å². The molecule has 3 nitrogen and oxygen atoms in total. The Bertz CT molecular complexity index is 271. The summed E-state index contributed by atoms with van der Waals surface area (Å²) >= 11 is 0. The first-order chi connectivity index (χ1) is 7.62. The standard InChI is InChI=1S/C14H28NO2/c1-9-16-11(13(3,4)5)15-12(17-10-2)14(6,7)8/h9-10H2,1-8H3/q+1. The van der Waals surface area contributed by atoms with Crippen LogP contribution < -0.4 is 4.67 Å². The highest BCUT2D eigenvalue weighted by molar-refractivity contribution is 5.89. The van der Waals surface area contributed by atoms with Crippen LogP contribution in [0.2, 0.25) is 0 Å². The lowest BCUT2D eigenvalue weighted by Gasteiger charge is -2.13. The molecule has 0 radical (unpaired) electrons. The molecular formula is C14H28NO2+. The highest BCUT2D eigenvalue weighted by Gasteiger charge is 2.36. The van der Waals surface area contributed by atoms with Crippen LogP contribution in [-0.4, -0.2) is 25.0 Å². The van der Waals surface area contributed by atoms with Gasteiger partial charge in [-0.3, -0.25) is 0 Å². The van der Waals surface area contributed by atoms with Crippen LogP contribution >= 0.6 is 0 Å². The molecule has 0 aliphatic heterocycles. The van der Waals surface area contributed by atoms with E-state index >= 15 is 0 Å². The molecule has 0 aromatic rings. The topological polar surface area (TPSA) is 32.6 Å². The Morgan fingerprint density at radius 1 is 0.765 bits per heavy atom. The Hall–Kier alpha value is -0.950. The lowest BCUT2D eigenvalue weighted by Crippen LogP contribution is -2.32. The van der Waals surface area contributed by atoms with Crippen molar-refractivity contribution in [3.8, 4) is 0 Å². The van der Waals surface area contributed by atoms with E-state index < -0.39 is 0 Å². The Balaban J connectivity index is 5.58. The van der Waals surface area contributed by atoms with Gasteiger partial charge >= 0.3 is 11.8 Å². The summed E-state index contributed by atoms with van der Waals surface area (Å²) in [7, 11) is 0. The largest absolute Gasteiger partial charge is 0.472 e. The summed E-state index contributed by atoms with van der Waals surface area (Å²) in [4.78, 5) is 0. The van der Waals surface area contributed by atoms with Crippen molar-refractivity contribution in [3.05, 3.63) is 0 Å². The van der Waals surface area contributed by atoms with Gasteiger partial charge in [0.15, 0.2) is 0 Å². The monoisotopic (exact) mass is 242 g/mol. The minimum Gasteiger partial charge on any atom is -0.435 e. The molecular weight excluding hydrogens is 214 g/mol. The Labute approximate surface area is 106 Å². The Morgan fingerprint density at radius 3 is 1.24 bits per heavy atom. The zero-order valence-electron chi connectivity index (χ0n) is 12.7. The molecule has 0 N–H and O–H groups in total. The molecule has 0 atom stereocenters. The predicted molar refractivity (Wildman–Crippen MR) is 74.3 cm³/mol. The third kappa shape index (κ3) is 5.78. The summed E-state index contributed by atoms with van der Waals surface area (Å²) in [5, 5.41) is 0. The normalized spacial score (nSPS) is 11.8. The SMILES string of the molecule is CCOC(=[N+]=C(OCC)C(C)(C)C)C(C)(C)C. The van der Waals surface area contributed by atoms with Gasteiger partial charge in [0, 0.05) is 0 Å². The lowest BCUT2D eigenvalue weighted by atomic mass is 9.95.